The smallest absolute Gasteiger partial charge is 0.119 e. The van der Waals surface area contributed by atoms with Gasteiger partial charge in [-0.2, -0.15) is 0 Å². The molecule has 0 radical (unpaired) electrons. The summed E-state index contributed by atoms with van der Waals surface area (Å²) in [5.74, 6) is 1.49. The Balaban J connectivity index is 1.81. The Morgan fingerprint density at radius 1 is 1.20 bits per heavy atom. The summed E-state index contributed by atoms with van der Waals surface area (Å²) in [6.07, 6.45) is 1.85. The van der Waals surface area contributed by atoms with E-state index in [0.29, 0.717) is 5.92 Å². The van der Waals surface area contributed by atoms with Crippen LogP contribution in [0, 0.1) is 5.92 Å². The molecule has 0 bridgehead atoms. The van der Waals surface area contributed by atoms with E-state index in [9.17, 15) is 0 Å². The van der Waals surface area contributed by atoms with Gasteiger partial charge in [0.05, 0.1) is 12.6 Å². The fraction of sp³-hybridized carbons (Fsp3) is 0.438. The second-order valence-electron chi connectivity index (χ2n) is 5.32. The van der Waals surface area contributed by atoms with Gasteiger partial charge in [-0.3, -0.25) is 0 Å². The van der Waals surface area contributed by atoms with Gasteiger partial charge in [0.25, 0.3) is 0 Å². The lowest BCUT2D eigenvalue weighted by molar-refractivity contribution is 0.271. The molecule has 20 heavy (non-hydrogen) atoms. The van der Waals surface area contributed by atoms with Gasteiger partial charge in [0.15, 0.2) is 0 Å². The van der Waals surface area contributed by atoms with E-state index in [4.69, 9.17) is 4.74 Å². The number of nitrogens with one attached hydrogen (secondary N) is 1. The molecule has 1 aromatic heterocycles. The van der Waals surface area contributed by atoms with E-state index in [0.717, 1.165) is 23.9 Å². The van der Waals surface area contributed by atoms with Gasteiger partial charge >= 0.3 is 0 Å². The van der Waals surface area contributed by atoms with Crippen LogP contribution in [0.5, 0.6) is 5.75 Å². The van der Waals surface area contributed by atoms with Crippen molar-refractivity contribution in [3.63, 3.8) is 0 Å². The van der Waals surface area contributed by atoms with Crippen LogP contribution in [0.4, 0.5) is 0 Å². The number of nitrogens with zero attached hydrogens (tertiary/aromatic N) is 1. The topological polar surface area (TPSA) is 34.1 Å². The highest BCUT2D eigenvalue weighted by molar-refractivity contribution is 7.09. The average molecular weight is 290 g/mol. The molecule has 1 heterocycles. The maximum atomic E-state index is 5.68. The van der Waals surface area contributed by atoms with Crippen LogP contribution < -0.4 is 10.1 Å². The van der Waals surface area contributed by atoms with E-state index in [1.54, 1.807) is 11.3 Å². The molecule has 0 amide bonds. The number of aromatic nitrogens is 1. The lowest BCUT2D eigenvalue weighted by atomic mass is 10.2. The van der Waals surface area contributed by atoms with E-state index in [1.165, 1.54) is 5.56 Å². The highest BCUT2D eigenvalue weighted by Crippen LogP contribution is 2.17. The Bertz CT molecular complexity index is 494. The van der Waals surface area contributed by atoms with Crippen LogP contribution in [0.1, 0.15) is 37.4 Å². The molecule has 1 atom stereocenters. The maximum Gasteiger partial charge on any atom is 0.119 e. The van der Waals surface area contributed by atoms with Gasteiger partial charge in [0.2, 0.25) is 0 Å². The first-order chi connectivity index (χ1) is 9.65. The highest BCUT2D eigenvalue weighted by Gasteiger charge is 2.07. The Kier molecular flexibility index (Phi) is 5.56. The van der Waals surface area contributed by atoms with Gasteiger partial charge < -0.3 is 10.1 Å². The van der Waals surface area contributed by atoms with Gasteiger partial charge in [0, 0.05) is 18.1 Å². The molecule has 2 rings (SSSR count). The van der Waals surface area contributed by atoms with Crippen molar-refractivity contribution < 1.29 is 4.74 Å². The molecule has 0 saturated heterocycles. The molecule has 0 saturated carbocycles. The molecule has 0 aliphatic rings. The fourth-order valence-electron chi connectivity index (χ4n) is 1.77. The zero-order chi connectivity index (χ0) is 14.4. The first-order valence-corrected chi connectivity index (χ1v) is 7.87. The normalized spacial score (nSPS) is 12.6. The predicted molar refractivity (Wildman–Crippen MR) is 84.1 cm³/mol. The molecule has 108 valence electrons. The molecule has 1 unspecified atom stereocenters. The molecule has 1 aromatic carbocycles. The summed E-state index contributed by atoms with van der Waals surface area (Å²) < 4.78 is 5.68. The fourth-order valence-corrected chi connectivity index (χ4v) is 2.44. The van der Waals surface area contributed by atoms with Crippen LogP contribution in [0.2, 0.25) is 0 Å². The van der Waals surface area contributed by atoms with E-state index in [-0.39, 0.29) is 6.04 Å². The lowest BCUT2D eigenvalue weighted by Crippen LogP contribution is -2.17. The molecule has 0 aliphatic carbocycles. The highest BCUT2D eigenvalue weighted by atomic mass is 32.1. The number of hydrogen-bond donors (Lipinski definition) is 1. The zero-order valence-corrected chi connectivity index (χ0v) is 13.1. The van der Waals surface area contributed by atoms with E-state index >= 15 is 0 Å². The third kappa shape index (κ3) is 4.62. The van der Waals surface area contributed by atoms with Crippen molar-refractivity contribution in [2.45, 2.75) is 33.4 Å². The van der Waals surface area contributed by atoms with Crippen molar-refractivity contribution in [1.29, 1.82) is 0 Å². The minimum Gasteiger partial charge on any atom is -0.493 e. The van der Waals surface area contributed by atoms with Crippen LogP contribution >= 0.6 is 11.3 Å². The number of benzene rings is 1. The zero-order valence-electron chi connectivity index (χ0n) is 12.3. The van der Waals surface area contributed by atoms with Gasteiger partial charge in [-0.15, -0.1) is 11.3 Å². The Morgan fingerprint density at radius 2 is 1.95 bits per heavy atom. The number of ether oxygens (including phenoxy) is 1. The Labute approximate surface area is 125 Å². The average Bonchev–Trinajstić information content (AvgIpc) is 2.98. The molecule has 3 nitrogen and oxygen atoms in total. The van der Waals surface area contributed by atoms with Gasteiger partial charge in [-0.05, 0) is 30.5 Å². The largest absolute Gasteiger partial charge is 0.493 e. The van der Waals surface area contributed by atoms with Crippen LogP contribution in [-0.2, 0) is 6.54 Å². The second kappa shape index (κ2) is 7.41. The Hall–Kier alpha value is -1.39. The lowest BCUT2D eigenvalue weighted by Gasteiger charge is -2.12. The number of hydrogen-bond acceptors (Lipinski definition) is 4. The summed E-state index contributed by atoms with van der Waals surface area (Å²) in [6, 6.07) is 8.57. The molecule has 2 aromatic rings. The summed E-state index contributed by atoms with van der Waals surface area (Å²) in [4.78, 5) is 4.32. The Morgan fingerprint density at radius 3 is 2.55 bits per heavy atom. The third-order valence-corrected chi connectivity index (χ3v) is 3.90. The summed E-state index contributed by atoms with van der Waals surface area (Å²) >= 11 is 1.68. The number of rotatable bonds is 7. The van der Waals surface area contributed by atoms with E-state index in [1.807, 2.05) is 23.7 Å². The molecule has 0 spiro atoms. The SMILES string of the molecule is CC(C)COc1ccc(CNC(C)c2nccs2)cc1. The van der Waals surface area contributed by atoms with Crippen molar-refractivity contribution in [2.24, 2.45) is 5.92 Å². The standard InChI is InChI=1S/C16H22N2OS/c1-12(2)11-19-15-6-4-14(5-7-15)10-18-13(3)16-17-8-9-20-16/h4-9,12-13,18H,10-11H2,1-3H3. The van der Waals surface area contributed by atoms with Crippen LogP contribution in [-0.4, -0.2) is 11.6 Å². The van der Waals surface area contributed by atoms with Crippen molar-refractivity contribution in [3.8, 4) is 5.75 Å². The molecule has 0 aliphatic heterocycles. The first-order valence-electron chi connectivity index (χ1n) is 6.99. The van der Waals surface area contributed by atoms with Crippen molar-refractivity contribution in [1.82, 2.24) is 10.3 Å². The minimum atomic E-state index is 0.284. The molecular weight excluding hydrogens is 268 g/mol. The minimum absolute atomic E-state index is 0.284. The molecule has 0 fully saturated rings. The quantitative estimate of drug-likeness (QED) is 0.836. The van der Waals surface area contributed by atoms with Gasteiger partial charge in [-0.25, -0.2) is 4.98 Å². The van der Waals surface area contributed by atoms with Crippen LogP contribution in [0.25, 0.3) is 0 Å². The van der Waals surface area contributed by atoms with Crippen LogP contribution in [0.3, 0.4) is 0 Å². The molecular formula is C16H22N2OS. The summed E-state index contributed by atoms with van der Waals surface area (Å²) in [6.45, 7) is 8.04. The van der Waals surface area contributed by atoms with E-state index < -0.39 is 0 Å². The maximum absolute atomic E-state index is 5.68. The third-order valence-electron chi connectivity index (χ3n) is 2.94. The van der Waals surface area contributed by atoms with Crippen molar-refractivity contribution in [3.05, 3.63) is 46.4 Å². The summed E-state index contributed by atoms with van der Waals surface area (Å²) in [5.41, 5.74) is 1.25. The van der Waals surface area contributed by atoms with Gasteiger partial charge in [0.1, 0.15) is 10.8 Å². The van der Waals surface area contributed by atoms with Crippen LogP contribution in [0.15, 0.2) is 35.8 Å². The molecule has 1 N–H and O–H groups in total. The summed E-state index contributed by atoms with van der Waals surface area (Å²) in [7, 11) is 0. The van der Waals surface area contributed by atoms with Gasteiger partial charge in [-0.1, -0.05) is 26.0 Å². The predicted octanol–water partition coefficient (Wildman–Crippen LogP) is 4.03. The van der Waals surface area contributed by atoms with Crippen molar-refractivity contribution >= 4 is 11.3 Å². The van der Waals surface area contributed by atoms with E-state index in [2.05, 4.69) is 43.2 Å². The van der Waals surface area contributed by atoms with Crippen molar-refractivity contribution in [2.75, 3.05) is 6.61 Å². The monoisotopic (exact) mass is 290 g/mol. The summed E-state index contributed by atoms with van der Waals surface area (Å²) in [5, 5.41) is 6.61. The second-order valence-corrected chi connectivity index (χ2v) is 6.25. The molecule has 4 heteroatoms. The number of thiazole rings is 1. The first kappa shape index (κ1) is 15.0.